The summed E-state index contributed by atoms with van der Waals surface area (Å²) in [6, 6.07) is 8.96. The van der Waals surface area contributed by atoms with E-state index in [1.165, 1.54) is 12.1 Å². The van der Waals surface area contributed by atoms with Crippen molar-refractivity contribution in [2.45, 2.75) is 69.6 Å². The van der Waals surface area contributed by atoms with E-state index in [4.69, 9.17) is 9.47 Å². The summed E-state index contributed by atoms with van der Waals surface area (Å²) in [6.07, 6.45) is -4.66. The molecule has 8 heteroatoms. The highest BCUT2D eigenvalue weighted by Gasteiger charge is 2.46. The lowest BCUT2D eigenvalue weighted by Gasteiger charge is -2.46. The number of rotatable bonds is 2. The highest BCUT2D eigenvalue weighted by Crippen LogP contribution is 2.51. The fraction of sp³-hybridized carbons (Fsp3) is 0.520. The SMILES string of the molecule is CN(C)[C@H]1c2cc3c(cc2OC(C)(C)[C@@H]1O)OC(C)(C)C[C@@H]3c1cccc(C(F)(F)F)c1.Cl. The molecule has 0 spiro atoms. The number of alkyl halides is 3. The van der Waals surface area contributed by atoms with Crippen LogP contribution < -0.4 is 9.47 Å². The quantitative estimate of drug-likeness (QED) is 0.570. The van der Waals surface area contributed by atoms with Crippen LogP contribution in [0.2, 0.25) is 0 Å². The maximum absolute atomic E-state index is 13.4. The zero-order valence-corrected chi connectivity index (χ0v) is 20.5. The van der Waals surface area contributed by atoms with Gasteiger partial charge in [-0.2, -0.15) is 13.2 Å². The molecule has 2 aromatic rings. The van der Waals surface area contributed by atoms with Crippen LogP contribution in [0.1, 0.15) is 68.3 Å². The monoisotopic (exact) mass is 485 g/mol. The molecule has 2 aromatic carbocycles. The van der Waals surface area contributed by atoms with Gasteiger partial charge in [-0.15, -0.1) is 12.4 Å². The molecule has 3 atom stereocenters. The van der Waals surface area contributed by atoms with E-state index >= 15 is 0 Å². The van der Waals surface area contributed by atoms with Gasteiger partial charge in [-0.25, -0.2) is 0 Å². The Morgan fingerprint density at radius 1 is 0.970 bits per heavy atom. The second kappa shape index (κ2) is 8.36. The summed E-state index contributed by atoms with van der Waals surface area (Å²) in [6.45, 7) is 7.56. The number of hydrogen-bond acceptors (Lipinski definition) is 4. The van der Waals surface area contributed by atoms with Crippen LogP contribution in [-0.4, -0.2) is 41.4 Å². The number of aliphatic hydroxyl groups excluding tert-OH is 1. The van der Waals surface area contributed by atoms with Crippen molar-refractivity contribution < 1.29 is 27.8 Å². The zero-order chi connectivity index (χ0) is 23.6. The molecule has 0 radical (unpaired) electrons. The average Bonchev–Trinajstić information content (AvgIpc) is 2.65. The zero-order valence-electron chi connectivity index (χ0n) is 19.7. The van der Waals surface area contributed by atoms with Crippen LogP contribution in [-0.2, 0) is 6.18 Å². The summed E-state index contributed by atoms with van der Waals surface area (Å²) in [5.74, 6) is 0.946. The summed E-state index contributed by atoms with van der Waals surface area (Å²) in [4.78, 5) is 1.94. The van der Waals surface area contributed by atoms with Crippen LogP contribution in [0.15, 0.2) is 36.4 Å². The minimum absolute atomic E-state index is 0. The van der Waals surface area contributed by atoms with Crippen LogP contribution in [0, 0.1) is 0 Å². The first kappa shape index (κ1) is 25.7. The average molecular weight is 486 g/mol. The Kier molecular flexibility index (Phi) is 6.50. The molecule has 0 aromatic heterocycles. The Morgan fingerprint density at radius 3 is 2.21 bits per heavy atom. The lowest BCUT2D eigenvalue weighted by atomic mass is 9.77. The molecule has 4 nitrogen and oxygen atoms in total. The summed E-state index contributed by atoms with van der Waals surface area (Å²) in [5, 5.41) is 11.0. The van der Waals surface area contributed by atoms with E-state index < -0.39 is 29.0 Å². The van der Waals surface area contributed by atoms with E-state index in [1.807, 2.05) is 58.8 Å². The summed E-state index contributed by atoms with van der Waals surface area (Å²) in [5.41, 5.74) is 0.179. The molecule has 182 valence electrons. The molecule has 0 unspecified atom stereocenters. The minimum Gasteiger partial charge on any atom is -0.487 e. The molecule has 2 heterocycles. The van der Waals surface area contributed by atoms with Crippen molar-refractivity contribution in [2.24, 2.45) is 0 Å². The van der Waals surface area contributed by atoms with Gasteiger partial charge < -0.3 is 14.6 Å². The first-order valence-electron chi connectivity index (χ1n) is 10.8. The van der Waals surface area contributed by atoms with Crippen LogP contribution in [0.4, 0.5) is 13.2 Å². The highest BCUT2D eigenvalue weighted by atomic mass is 35.5. The lowest BCUT2D eigenvalue weighted by molar-refractivity contribution is -0.137. The van der Waals surface area contributed by atoms with E-state index in [0.29, 0.717) is 23.5 Å². The first-order chi connectivity index (χ1) is 14.7. The summed E-state index contributed by atoms with van der Waals surface area (Å²) in [7, 11) is 3.78. The van der Waals surface area contributed by atoms with Crippen molar-refractivity contribution in [2.75, 3.05) is 14.1 Å². The molecule has 2 aliphatic rings. The van der Waals surface area contributed by atoms with Crippen LogP contribution in [0.25, 0.3) is 0 Å². The van der Waals surface area contributed by atoms with Crippen molar-refractivity contribution in [3.05, 3.63) is 58.7 Å². The number of nitrogens with zero attached hydrogens (tertiary/aromatic N) is 1. The van der Waals surface area contributed by atoms with Gasteiger partial charge in [-0.05, 0) is 65.9 Å². The Bertz CT molecular complexity index is 1040. The molecule has 4 rings (SSSR count). The Balaban J connectivity index is 0.00000306. The Morgan fingerprint density at radius 2 is 1.61 bits per heavy atom. The van der Waals surface area contributed by atoms with Gasteiger partial charge in [-0.1, -0.05) is 18.2 Å². The van der Waals surface area contributed by atoms with Gasteiger partial charge in [0.05, 0.1) is 11.6 Å². The molecule has 0 aliphatic carbocycles. The molecule has 0 bridgehead atoms. The standard InChI is InChI=1S/C25H30F3NO3.ClH/c1-23(2)13-18(14-8-7-9-15(10-14)25(26,27)28)16-11-17-20(12-19(16)31-23)32-24(3,4)22(30)21(17)29(5)6;/h7-12,18,21-22,30H,13H2,1-6H3;1H/t18-,21+,22-;/m1./s1. The summed E-state index contributed by atoms with van der Waals surface area (Å²) < 4.78 is 52.6. The fourth-order valence-corrected chi connectivity index (χ4v) is 4.90. The largest absolute Gasteiger partial charge is 0.487 e. The molecule has 1 N–H and O–H groups in total. The van der Waals surface area contributed by atoms with Crippen molar-refractivity contribution in [1.82, 2.24) is 4.90 Å². The molecular formula is C25H31ClF3NO3. The van der Waals surface area contributed by atoms with Crippen molar-refractivity contribution in [3.8, 4) is 11.5 Å². The third kappa shape index (κ3) is 4.68. The van der Waals surface area contributed by atoms with E-state index in [9.17, 15) is 18.3 Å². The van der Waals surface area contributed by atoms with Gasteiger partial charge >= 0.3 is 6.18 Å². The number of benzene rings is 2. The van der Waals surface area contributed by atoms with Gasteiger partial charge in [0.1, 0.15) is 28.8 Å². The summed E-state index contributed by atoms with van der Waals surface area (Å²) >= 11 is 0. The molecule has 0 fully saturated rings. The number of aliphatic hydroxyl groups is 1. The third-order valence-electron chi connectivity index (χ3n) is 6.48. The number of fused-ring (bicyclic) bond motifs is 2. The molecule has 33 heavy (non-hydrogen) atoms. The molecule has 0 saturated heterocycles. The minimum atomic E-state index is -4.41. The topological polar surface area (TPSA) is 41.9 Å². The van der Waals surface area contributed by atoms with Gasteiger partial charge in [-0.3, -0.25) is 4.90 Å². The molecule has 0 amide bonds. The maximum Gasteiger partial charge on any atom is 0.416 e. The number of ether oxygens (including phenoxy) is 2. The number of likely N-dealkylation sites (N-methyl/N-ethyl adjacent to an activating group) is 1. The van der Waals surface area contributed by atoms with E-state index in [2.05, 4.69) is 0 Å². The lowest BCUT2D eigenvalue weighted by Crippen LogP contribution is -2.52. The normalized spacial score (nSPS) is 25.2. The van der Waals surface area contributed by atoms with Crippen molar-refractivity contribution >= 4 is 12.4 Å². The third-order valence-corrected chi connectivity index (χ3v) is 6.48. The van der Waals surface area contributed by atoms with Crippen LogP contribution >= 0.6 is 12.4 Å². The number of hydrogen-bond donors (Lipinski definition) is 1. The van der Waals surface area contributed by atoms with Crippen LogP contribution in [0.3, 0.4) is 0 Å². The van der Waals surface area contributed by atoms with E-state index in [0.717, 1.165) is 17.2 Å². The molecule has 2 aliphatic heterocycles. The maximum atomic E-state index is 13.4. The predicted molar refractivity (Wildman–Crippen MR) is 123 cm³/mol. The molecular weight excluding hydrogens is 455 g/mol. The van der Waals surface area contributed by atoms with E-state index in [-0.39, 0.29) is 24.4 Å². The van der Waals surface area contributed by atoms with Gasteiger partial charge in [0.2, 0.25) is 0 Å². The Labute approximate surface area is 199 Å². The second-order valence-electron chi connectivity index (χ2n) is 10.2. The highest BCUT2D eigenvalue weighted by molar-refractivity contribution is 5.85. The predicted octanol–water partition coefficient (Wildman–Crippen LogP) is 5.95. The van der Waals surface area contributed by atoms with Crippen LogP contribution in [0.5, 0.6) is 11.5 Å². The van der Waals surface area contributed by atoms with Gasteiger partial charge in [0.25, 0.3) is 0 Å². The smallest absolute Gasteiger partial charge is 0.416 e. The Hall–Kier alpha value is -1.96. The van der Waals surface area contributed by atoms with Crippen molar-refractivity contribution in [3.63, 3.8) is 0 Å². The fourth-order valence-electron chi connectivity index (χ4n) is 4.90. The van der Waals surface area contributed by atoms with Crippen molar-refractivity contribution in [1.29, 1.82) is 0 Å². The van der Waals surface area contributed by atoms with Gasteiger partial charge in [0.15, 0.2) is 0 Å². The number of halogens is 4. The second-order valence-corrected chi connectivity index (χ2v) is 10.2. The molecule has 0 saturated carbocycles. The van der Waals surface area contributed by atoms with E-state index in [1.54, 1.807) is 6.07 Å². The van der Waals surface area contributed by atoms with Gasteiger partial charge in [0, 0.05) is 23.1 Å². The first-order valence-corrected chi connectivity index (χ1v) is 10.8.